The van der Waals surface area contributed by atoms with Gasteiger partial charge >= 0.3 is 0 Å². The topological polar surface area (TPSA) is 35.2 Å². The molecule has 0 saturated carbocycles. The summed E-state index contributed by atoms with van der Waals surface area (Å²) in [5.74, 6) is 0.948. The molecule has 0 fully saturated rings. The predicted molar refractivity (Wildman–Crippen MR) is 62.9 cm³/mol. The highest BCUT2D eigenvalue weighted by molar-refractivity contribution is 14.1. The van der Waals surface area contributed by atoms with Crippen LogP contribution in [-0.2, 0) is 0 Å². The second-order valence-electron chi connectivity index (χ2n) is 2.80. The number of unbranched alkanes of at least 4 members (excludes halogenated alkanes) is 1. The van der Waals surface area contributed by atoms with Crippen LogP contribution in [0.3, 0.4) is 0 Å². The van der Waals surface area contributed by atoms with Crippen LogP contribution >= 0.6 is 22.6 Å². The first-order valence-corrected chi connectivity index (χ1v) is 5.49. The standard InChI is InChI=1S/C10H14INO/c11-9-4-3-5-10(8-9)13-7-2-1-6-12/h3-5,8H,1-2,6-7,12H2. The summed E-state index contributed by atoms with van der Waals surface area (Å²) >= 11 is 2.27. The van der Waals surface area contributed by atoms with Crippen molar-refractivity contribution in [3.05, 3.63) is 27.8 Å². The quantitative estimate of drug-likeness (QED) is 0.668. The van der Waals surface area contributed by atoms with Crippen molar-refractivity contribution >= 4 is 22.6 Å². The van der Waals surface area contributed by atoms with Crippen molar-refractivity contribution in [2.45, 2.75) is 12.8 Å². The molecule has 0 amide bonds. The van der Waals surface area contributed by atoms with Crippen LogP contribution in [0.2, 0.25) is 0 Å². The zero-order chi connectivity index (χ0) is 9.52. The Morgan fingerprint density at radius 1 is 1.31 bits per heavy atom. The molecule has 0 saturated heterocycles. The molecule has 0 aliphatic rings. The molecule has 72 valence electrons. The number of benzene rings is 1. The molecule has 1 aromatic rings. The molecule has 0 bridgehead atoms. The summed E-state index contributed by atoms with van der Waals surface area (Å²) < 4.78 is 6.73. The molecule has 0 aliphatic heterocycles. The molecule has 13 heavy (non-hydrogen) atoms. The van der Waals surface area contributed by atoms with Gasteiger partial charge in [0.2, 0.25) is 0 Å². The molecular formula is C10H14INO. The van der Waals surface area contributed by atoms with Gasteiger partial charge in [-0.25, -0.2) is 0 Å². The van der Waals surface area contributed by atoms with E-state index in [-0.39, 0.29) is 0 Å². The smallest absolute Gasteiger partial charge is 0.120 e. The molecule has 1 aromatic carbocycles. The van der Waals surface area contributed by atoms with E-state index in [9.17, 15) is 0 Å². The van der Waals surface area contributed by atoms with E-state index in [0.717, 1.165) is 31.7 Å². The molecule has 0 radical (unpaired) electrons. The minimum absolute atomic E-state index is 0.746. The van der Waals surface area contributed by atoms with Gasteiger partial charge in [-0.05, 0) is 60.2 Å². The van der Waals surface area contributed by atoms with E-state index in [1.807, 2.05) is 24.3 Å². The van der Waals surface area contributed by atoms with Gasteiger partial charge in [-0.3, -0.25) is 0 Å². The Kier molecular flexibility index (Phi) is 5.15. The van der Waals surface area contributed by atoms with E-state index in [2.05, 4.69) is 22.6 Å². The molecule has 0 aromatic heterocycles. The normalized spacial score (nSPS) is 10.0. The fourth-order valence-electron chi connectivity index (χ4n) is 0.993. The third-order valence-corrected chi connectivity index (χ3v) is 2.33. The Morgan fingerprint density at radius 3 is 2.85 bits per heavy atom. The van der Waals surface area contributed by atoms with Crippen molar-refractivity contribution in [3.63, 3.8) is 0 Å². The lowest BCUT2D eigenvalue weighted by Crippen LogP contribution is -2.03. The maximum Gasteiger partial charge on any atom is 0.120 e. The minimum Gasteiger partial charge on any atom is -0.494 e. The highest BCUT2D eigenvalue weighted by atomic mass is 127. The van der Waals surface area contributed by atoms with Crippen LogP contribution in [0.4, 0.5) is 0 Å². The monoisotopic (exact) mass is 291 g/mol. The van der Waals surface area contributed by atoms with E-state index in [0.29, 0.717) is 0 Å². The lowest BCUT2D eigenvalue weighted by Gasteiger charge is -2.05. The van der Waals surface area contributed by atoms with Gasteiger partial charge in [0.1, 0.15) is 5.75 Å². The lowest BCUT2D eigenvalue weighted by molar-refractivity contribution is 0.307. The van der Waals surface area contributed by atoms with E-state index in [4.69, 9.17) is 10.5 Å². The SMILES string of the molecule is NCCCCOc1cccc(I)c1. The number of nitrogens with two attached hydrogens (primary N) is 1. The molecule has 2 nitrogen and oxygen atoms in total. The first kappa shape index (κ1) is 10.8. The Morgan fingerprint density at radius 2 is 2.15 bits per heavy atom. The predicted octanol–water partition coefficient (Wildman–Crippen LogP) is 2.41. The Balaban J connectivity index is 2.28. The van der Waals surface area contributed by atoms with Crippen molar-refractivity contribution in [1.29, 1.82) is 0 Å². The van der Waals surface area contributed by atoms with E-state index < -0.39 is 0 Å². The van der Waals surface area contributed by atoms with Gasteiger partial charge in [0.05, 0.1) is 6.61 Å². The van der Waals surface area contributed by atoms with Gasteiger partial charge in [0, 0.05) is 3.57 Å². The fourth-order valence-corrected chi connectivity index (χ4v) is 1.51. The van der Waals surface area contributed by atoms with Gasteiger partial charge in [-0.2, -0.15) is 0 Å². The molecule has 1 rings (SSSR count). The summed E-state index contributed by atoms with van der Waals surface area (Å²) in [5.41, 5.74) is 5.38. The summed E-state index contributed by atoms with van der Waals surface area (Å²) in [5, 5.41) is 0. The molecule has 0 heterocycles. The average Bonchev–Trinajstić information content (AvgIpc) is 2.13. The Labute approximate surface area is 92.6 Å². The van der Waals surface area contributed by atoms with Crippen LogP contribution in [0, 0.1) is 3.57 Å². The molecule has 0 atom stereocenters. The zero-order valence-corrected chi connectivity index (χ0v) is 9.66. The van der Waals surface area contributed by atoms with Crippen LogP contribution in [-0.4, -0.2) is 13.2 Å². The maximum absolute atomic E-state index is 5.53. The van der Waals surface area contributed by atoms with Crippen LogP contribution in [0.15, 0.2) is 24.3 Å². The summed E-state index contributed by atoms with van der Waals surface area (Å²) in [6.07, 6.45) is 2.06. The van der Waals surface area contributed by atoms with Gasteiger partial charge in [-0.1, -0.05) is 6.07 Å². The van der Waals surface area contributed by atoms with E-state index >= 15 is 0 Å². The van der Waals surface area contributed by atoms with Gasteiger partial charge in [0.25, 0.3) is 0 Å². The number of halogens is 1. The largest absolute Gasteiger partial charge is 0.494 e. The molecule has 2 N–H and O–H groups in total. The van der Waals surface area contributed by atoms with Crippen LogP contribution in [0.1, 0.15) is 12.8 Å². The number of ether oxygens (including phenoxy) is 1. The third kappa shape index (κ3) is 4.47. The van der Waals surface area contributed by atoms with Gasteiger partial charge < -0.3 is 10.5 Å². The van der Waals surface area contributed by atoms with Crippen LogP contribution in [0.25, 0.3) is 0 Å². The minimum atomic E-state index is 0.746. The van der Waals surface area contributed by atoms with E-state index in [1.165, 1.54) is 3.57 Å². The molecule has 3 heteroatoms. The van der Waals surface area contributed by atoms with Crippen molar-refractivity contribution in [1.82, 2.24) is 0 Å². The summed E-state index contributed by atoms with van der Waals surface area (Å²) in [7, 11) is 0. The maximum atomic E-state index is 5.53. The fraction of sp³-hybridized carbons (Fsp3) is 0.400. The second kappa shape index (κ2) is 6.21. The Hall–Kier alpha value is -0.290. The van der Waals surface area contributed by atoms with Crippen LogP contribution in [0.5, 0.6) is 5.75 Å². The highest BCUT2D eigenvalue weighted by Crippen LogP contribution is 2.14. The number of hydrogen-bond donors (Lipinski definition) is 1. The third-order valence-electron chi connectivity index (χ3n) is 1.66. The van der Waals surface area contributed by atoms with Crippen LogP contribution < -0.4 is 10.5 Å². The van der Waals surface area contributed by atoms with Gasteiger partial charge in [-0.15, -0.1) is 0 Å². The molecule has 0 aliphatic carbocycles. The lowest BCUT2D eigenvalue weighted by atomic mass is 10.3. The summed E-state index contributed by atoms with van der Waals surface area (Å²) in [6.45, 7) is 1.51. The molecule has 0 unspecified atom stereocenters. The highest BCUT2D eigenvalue weighted by Gasteiger charge is 1.93. The molecular weight excluding hydrogens is 277 g/mol. The van der Waals surface area contributed by atoms with Gasteiger partial charge in [0.15, 0.2) is 0 Å². The van der Waals surface area contributed by atoms with Crippen molar-refractivity contribution in [2.24, 2.45) is 5.73 Å². The van der Waals surface area contributed by atoms with E-state index in [1.54, 1.807) is 0 Å². The summed E-state index contributed by atoms with van der Waals surface area (Å²) in [4.78, 5) is 0. The van der Waals surface area contributed by atoms with Crippen molar-refractivity contribution < 1.29 is 4.74 Å². The second-order valence-corrected chi connectivity index (χ2v) is 4.05. The number of rotatable bonds is 5. The first-order chi connectivity index (χ1) is 6.33. The summed E-state index contributed by atoms with van der Waals surface area (Å²) in [6, 6.07) is 8.06. The Bertz CT molecular complexity index is 252. The number of hydrogen-bond acceptors (Lipinski definition) is 2. The van der Waals surface area contributed by atoms with Crippen molar-refractivity contribution in [2.75, 3.05) is 13.2 Å². The average molecular weight is 291 g/mol. The van der Waals surface area contributed by atoms with Crippen molar-refractivity contribution in [3.8, 4) is 5.75 Å². The first-order valence-electron chi connectivity index (χ1n) is 4.41. The molecule has 0 spiro atoms. The zero-order valence-electron chi connectivity index (χ0n) is 7.50.